The van der Waals surface area contributed by atoms with Gasteiger partial charge in [-0.1, -0.05) is 11.6 Å². The van der Waals surface area contributed by atoms with Gasteiger partial charge >= 0.3 is 5.97 Å². The van der Waals surface area contributed by atoms with Crippen molar-refractivity contribution < 1.29 is 14.7 Å². The lowest BCUT2D eigenvalue weighted by Crippen LogP contribution is -2.38. The Morgan fingerprint density at radius 1 is 1.53 bits per heavy atom. The van der Waals surface area contributed by atoms with Gasteiger partial charge in [0.05, 0.1) is 0 Å². The van der Waals surface area contributed by atoms with Gasteiger partial charge < -0.3 is 10.4 Å². The van der Waals surface area contributed by atoms with E-state index in [0.29, 0.717) is 6.42 Å². The number of allylic oxidation sites excluding steroid dienone is 1. The molecule has 2 N–H and O–H groups in total. The van der Waals surface area contributed by atoms with Crippen molar-refractivity contribution in [2.75, 3.05) is 0 Å². The summed E-state index contributed by atoms with van der Waals surface area (Å²) in [6, 6.07) is -0.804. The van der Waals surface area contributed by atoms with Gasteiger partial charge in [0.25, 0.3) is 0 Å². The molecule has 1 amide bonds. The van der Waals surface area contributed by atoms with Crippen LogP contribution in [0.2, 0.25) is 0 Å². The lowest BCUT2D eigenvalue weighted by molar-refractivity contribution is -0.141. The minimum absolute atomic E-state index is 0.196. The highest BCUT2D eigenvalue weighted by atomic mass is 16.4. The van der Waals surface area contributed by atoms with Gasteiger partial charge in [0.1, 0.15) is 6.04 Å². The Balaban J connectivity index is 2.35. The minimum Gasteiger partial charge on any atom is -0.480 e. The maximum absolute atomic E-state index is 11.4. The maximum atomic E-state index is 11.4. The molecule has 0 fully saturated rings. The van der Waals surface area contributed by atoms with E-state index in [1.807, 2.05) is 0 Å². The largest absolute Gasteiger partial charge is 0.480 e. The molecule has 0 saturated heterocycles. The predicted molar refractivity (Wildman–Crippen MR) is 56.4 cm³/mol. The van der Waals surface area contributed by atoms with Crippen molar-refractivity contribution in [3.05, 3.63) is 11.6 Å². The third-order valence-electron chi connectivity index (χ3n) is 2.52. The van der Waals surface area contributed by atoms with Gasteiger partial charge in [-0.15, -0.1) is 0 Å². The van der Waals surface area contributed by atoms with Crippen LogP contribution < -0.4 is 5.32 Å². The number of hydrogen-bond donors (Lipinski definition) is 2. The van der Waals surface area contributed by atoms with E-state index in [9.17, 15) is 9.59 Å². The summed E-state index contributed by atoms with van der Waals surface area (Å²) in [5.41, 5.74) is 1.14. The van der Waals surface area contributed by atoms with Crippen LogP contribution in [0.5, 0.6) is 0 Å². The fourth-order valence-electron chi connectivity index (χ4n) is 1.63. The minimum atomic E-state index is -0.999. The third-order valence-corrected chi connectivity index (χ3v) is 2.52. The summed E-state index contributed by atoms with van der Waals surface area (Å²) >= 11 is 0. The zero-order valence-corrected chi connectivity index (χ0v) is 8.95. The first-order chi connectivity index (χ1) is 7.09. The summed E-state index contributed by atoms with van der Waals surface area (Å²) in [5.74, 6) is -1.20. The fraction of sp³-hybridized carbons (Fsp3) is 0.636. The Bertz CT molecular complexity index is 284. The first-order valence-corrected chi connectivity index (χ1v) is 5.29. The number of rotatable bonds is 4. The smallest absolute Gasteiger partial charge is 0.325 e. The molecule has 1 aliphatic rings. The summed E-state index contributed by atoms with van der Waals surface area (Å²) < 4.78 is 0. The first-order valence-electron chi connectivity index (χ1n) is 5.29. The predicted octanol–water partition coefficient (Wildman–Crippen LogP) is 1.47. The molecular formula is C11H17NO3. The van der Waals surface area contributed by atoms with Gasteiger partial charge in [-0.05, 0) is 32.6 Å². The number of aliphatic carboxylic acids is 1. The Morgan fingerprint density at radius 2 is 2.27 bits per heavy atom. The first kappa shape index (κ1) is 11.8. The molecule has 0 aliphatic heterocycles. The van der Waals surface area contributed by atoms with Gasteiger partial charge in [-0.25, -0.2) is 0 Å². The monoisotopic (exact) mass is 211 g/mol. The normalized spacial score (nSPS) is 17.8. The molecule has 0 aromatic rings. The van der Waals surface area contributed by atoms with Crippen molar-refractivity contribution in [2.24, 2.45) is 0 Å². The van der Waals surface area contributed by atoms with Gasteiger partial charge in [0.15, 0.2) is 0 Å². The highest BCUT2D eigenvalue weighted by Crippen LogP contribution is 2.19. The fourth-order valence-corrected chi connectivity index (χ4v) is 1.63. The van der Waals surface area contributed by atoms with Crippen LogP contribution in [-0.2, 0) is 9.59 Å². The van der Waals surface area contributed by atoms with E-state index in [2.05, 4.69) is 11.4 Å². The molecular weight excluding hydrogens is 194 g/mol. The summed E-state index contributed by atoms with van der Waals surface area (Å²) in [7, 11) is 0. The van der Waals surface area contributed by atoms with Crippen LogP contribution in [0.1, 0.15) is 39.0 Å². The standard InChI is InChI=1S/C11H17NO3/c1-8(11(14)15)12-10(13)7-9-5-3-2-4-6-9/h5,8H,2-4,6-7H2,1H3,(H,12,13)(H,14,15). The molecule has 1 aliphatic carbocycles. The molecule has 0 aromatic carbocycles. The van der Waals surface area contributed by atoms with Crippen LogP contribution >= 0.6 is 0 Å². The number of nitrogens with one attached hydrogen (secondary N) is 1. The van der Waals surface area contributed by atoms with Gasteiger partial charge in [-0.2, -0.15) is 0 Å². The second-order valence-corrected chi connectivity index (χ2v) is 3.91. The van der Waals surface area contributed by atoms with Crippen molar-refractivity contribution in [1.29, 1.82) is 0 Å². The molecule has 0 spiro atoms. The molecule has 4 nitrogen and oxygen atoms in total. The molecule has 1 atom stereocenters. The number of amides is 1. The molecule has 15 heavy (non-hydrogen) atoms. The van der Waals surface area contributed by atoms with Crippen LogP contribution in [-0.4, -0.2) is 23.0 Å². The average Bonchev–Trinajstić information content (AvgIpc) is 2.18. The van der Waals surface area contributed by atoms with Crippen molar-refractivity contribution in [1.82, 2.24) is 5.32 Å². The maximum Gasteiger partial charge on any atom is 0.325 e. The zero-order valence-electron chi connectivity index (χ0n) is 8.95. The van der Waals surface area contributed by atoms with Crippen LogP contribution in [0.25, 0.3) is 0 Å². The zero-order chi connectivity index (χ0) is 11.3. The molecule has 0 aromatic heterocycles. The van der Waals surface area contributed by atoms with E-state index in [1.165, 1.54) is 13.3 Å². The summed E-state index contributed by atoms with van der Waals surface area (Å²) in [5, 5.41) is 11.1. The van der Waals surface area contributed by atoms with Gasteiger partial charge in [0, 0.05) is 6.42 Å². The molecule has 84 valence electrons. The molecule has 0 radical (unpaired) electrons. The average molecular weight is 211 g/mol. The number of carboxylic acids is 1. The Kier molecular flexibility index (Phi) is 4.34. The molecule has 0 saturated carbocycles. The highest BCUT2D eigenvalue weighted by Gasteiger charge is 2.15. The van der Waals surface area contributed by atoms with Crippen LogP contribution in [0.4, 0.5) is 0 Å². The van der Waals surface area contributed by atoms with Crippen molar-refractivity contribution in [3.63, 3.8) is 0 Å². The number of hydrogen-bond acceptors (Lipinski definition) is 2. The number of carbonyl (C=O) groups is 2. The molecule has 0 heterocycles. The lowest BCUT2D eigenvalue weighted by Gasteiger charge is -2.14. The molecule has 1 rings (SSSR count). The second-order valence-electron chi connectivity index (χ2n) is 3.91. The Labute approximate surface area is 89.4 Å². The van der Waals surface area contributed by atoms with E-state index in [4.69, 9.17) is 5.11 Å². The van der Waals surface area contributed by atoms with Crippen molar-refractivity contribution in [3.8, 4) is 0 Å². The van der Waals surface area contributed by atoms with E-state index < -0.39 is 12.0 Å². The van der Waals surface area contributed by atoms with Crippen LogP contribution in [0.3, 0.4) is 0 Å². The Hall–Kier alpha value is -1.32. The van der Waals surface area contributed by atoms with E-state index >= 15 is 0 Å². The number of carboxylic acid groups (broad SMARTS) is 1. The van der Waals surface area contributed by atoms with Crippen molar-refractivity contribution in [2.45, 2.75) is 45.1 Å². The summed E-state index contributed by atoms with van der Waals surface area (Å²) in [6.45, 7) is 1.47. The summed E-state index contributed by atoms with van der Waals surface area (Å²) in [4.78, 5) is 21.9. The van der Waals surface area contributed by atoms with Gasteiger partial charge in [0.2, 0.25) is 5.91 Å². The van der Waals surface area contributed by atoms with Crippen LogP contribution in [0.15, 0.2) is 11.6 Å². The SMILES string of the molecule is CC(NC(=O)CC1=CCCCC1)C(=O)O. The van der Waals surface area contributed by atoms with E-state index in [1.54, 1.807) is 0 Å². The Morgan fingerprint density at radius 3 is 2.80 bits per heavy atom. The lowest BCUT2D eigenvalue weighted by atomic mass is 9.97. The highest BCUT2D eigenvalue weighted by molar-refractivity contribution is 5.84. The topological polar surface area (TPSA) is 66.4 Å². The molecule has 4 heteroatoms. The van der Waals surface area contributed by atoms with Gasteiger partial charge in [-0.3, -0.25) is 9.59 Å². The van der Waals surface area contributed by atoms with Crippen LogP contribution in [0, 0.1) is 0 Å². The third kappa shape index (κ3) is 4.14. The summed E-state index contributed by atoms with van der Waals surface area (Å²) in [6.07, 6.45) is 6.77. The molecule has 1 unspecified atom stereocenters. The van der Waals surface area contributed by atoms with E-state index in [-0.39, 0.29) is 5.91 Å². The van der Waals surface area contributed by atoms with Crippen molar-refractivity contribution >= 4 is 11.9 Å². The molecule has 0 bridgehead atoms. The quantitative estimate of drug-likeness (QED) is 0.692. The van der Waals surface area contributed by atoms with E-state index in [0.717, 1.165) is 24.8 Å². The number of carbonyl (C=O) groups excluding carboxylic acids is 1. The second kappa shape index (κ2) is 5.53.